The number of anilines is 2. The van der Waals surface area contributed by atoms with E-state index in [0.717, 1.165) is 11.1 Å². The number of hydrogen-bond donors (Lipinski definition) is 2. The minimum atomic E-state index is -0.399. The van der Waals surface area contributed by atoms with Crippen LogP contribution in [-0.2, 0) is 0 Å². The second kappa shape index (κ2) is 8.14. The molecule has 0 saturated heterocycles. The van der Waals surface area contributed by atoms with E-state index in [2.05, 4.69) is 15.6 Å². The summed E-state index contributed by atoms with van der Waals surface area (Å²) in [7, 11) is 0. The van der Waals surface area contributed by atoms with Gasteiger partial charge in [-0.3, -0.25) is 14.6 Å². The van der Waals surface area contributed by atoms with Gasteiger partial charge in [0.15, 0.2) is 0 Å². The van der Waals surface area contributed by atoms with Gasteiger partial charge in [0, 0.05) is 23.1 Å². The van der Waals surface area contributed by atoms with Gasteiger partial charge < -0.3 is 10.6 Å². The lowest BCUT2D eigenvalue weighted by atomic mass is 10.1. The molecule has 2 N–H and O–H groups in total. The summed E-state index contributed by atoms with van der Waals surface area (Å²) >= 11 is 0. The highest BCUT2D eigenvalue weighted by Gasteiger charge is 2.13. The van der Waals surface area contributed by atoms with E-state index in [4.69, 9.17) is 5.26 Å². The molecule has 2 aromatic carbocycles. The molecule has 0 bridgehead atoms. The molecule has 0 saturated carbocycles. The van der Waals surface area contributed by atoms with Crippen molar-refractivity contribution in [2.24, 2.45) is 0 Å². The topological polar surface area (TPSA) is 94.9 Å². The lowest BCUT2D eigenvalue weighted by Gasteiger charge is -2.09. The average molecular weight is 370 g/mol. The normalized spacial score (nSPS) is 10.0. The fourth-order valence-corrected chi connectivity index (χ4v) is 2.58. The lowest BCUT2D eigenvalue weighted by Crippen LogP contribution is -2.17. The first kappa shape index (κ1) is 18.8. The number of nitrogens with one attached hydrogen (secondary N) is 2. The molecule has 28 heavy (non-hydrogen) atoms. The number of aryl methyl sites for hydroxylation is 2. The number of nitriles is 1. The van der Waals surface area contributed by atoms with Crippen molar-refractivity contribution < 1.29 is 9.59 Å². The lowest BCUT2D eigenvalue weighted by molar-refractivity contribution is 0.102. The summed E-state index contributed by atoms with van der Waals surface area (Å²) in [5.41, 5.74) is 4.24. The van der Waals surface area contributed by atoms with Crippen LogP contribution in [0.1, 0.15) is 37.5 Å². The van der Waals surface area contributed by atoms with Crippen LogP contribution in [-0.4, -0.2) is 16.8 Å². The first-order valence-corrected chi connectivity index (χ1v) is 8.62. The van der Waals surface area contributed by atoms with Crippen LogP contribution in [0.25, 0.3) is 0 Å². The molecule has 0 aliphatic rings. The van der Waals surface area contributed by atoms with Crippen LogP contribution in [0.4, 0.5) is 11.4 Å². The van der Waals surface area contributed by atoms with E-state index in [1.807, 2.05) is 38.1 Å². The maximum Gasteiger partial charge on any atom is 0.274 e. The highest BCUT2D eigenvalue weighted by molar-refractivity contribution is 6.07. The van der Waals surface area contributed by atoms with Crippen LogP contribution in [0.2, 0.25) is 0 Å². The van der Waals surface area contributed by atoms with Crippen molar-refractivity contribution in [2.75, 3.05) is 10.6 Å². The van der Waals surface area contributed by atoms with Gasteiger partial charge in [0.05, 0.1) is 11.6 Å². The molecule has 0 unspecified atom stereocenters. The Hall–Kier alpha value is -3.98. The van der Waals surface area contributed by atoms with Crippen LogP contribution in [0.15, 0.2) is 60.8 Å². The third kappa shape index (κ3) is 4.40. The zero-order chi connectivity index (χ0) is 20.1. The van der Waals surface area contributed by atoms with Crippen molar-refractivity contribution in [1.82, 2.24) is 4.98 Å². The summed E-state index contributed by atoms with van der Waals surface area (Å²) in [6.45, 7) is 3.96. The van der Waals surface area contributed by atoms with Crippen molar-refractivity contribution in [3.05, 3.63) is 88.7 Å². The maximum atomic E-state index is 12.5. The maximum absolute atomic E-state index is 12.5. The molecule has 0 fully saturated rings. The quantitative estimate of drug-likeness (QED) is 0.723. The predicted octanol–water partition coefficient (Wildman–Crippen LogP) is 4.07. The number of carbonyl (C=O) groups excluding carboxylic acids is 2. The van der Waals surface area contributed by atoms with Crippen molar-refractivity contribution in [1.29, 1.82) is 5.26 Å². The fourth-order valence-electron chi connectivity index (χ4n) is 2.58. The van der Waals surface area contributed by atoms with Gasteiger partial charge in [-0.25, -0.2) is 0 Å². The Kier molecular flexibility index (Phi) is 5.47. The minimum absolute atomic E-state index is 0.136. The van der Waals surface area contributed by atoms with Crippen molar-refractivity contribution in [3.8, 4) is 6.07 Å². The number of aromatic nitrogens is 1. The number of amides is 2. The predicted molar refractivity (Wildman–Crippen MR) is 107 cm³/mol. The molecule has 6 heteroatoms. The van der Waals surface area contributed by atoms with Crippen LogP contribution in [0, 0.1) is 25.2 Å². The van der Waals surface area contributed by atoms with Crippen molar-refractivity contribution >= 4 is 23.2 Å². The fraction of sp³-hybridized carbons (Fsp3) is 0.0909. The Morgan fingerprint density at radius 3 is 2.39 bits per heavy atom. The number of pyridine rings is 1. The van der Waals surface area contributed by atoms with E-state index in [1.165, 1.54) is 18.3 Å². The molecule has 0 aliphatic heterocycles. The summed E-state index contributed by atoms with van der Waals surface area (Å²) in [4.78, 5) is 29.0. The third-order valence-electron chi connectivity index (χ3n) is 4.27. The molecule has 0 atom stereocenters. The Balaban J connectivity index is 1.75. The molecule has 2 amide bonds. The molecular formula is C22H18N4O2. The van der Waals surface area contributed by atoms with E-state index in [9.17, 15) is 9.59 Å². The van der Waals surface area contributed by atoms with Gasteiger partial charge in [-0.15, -0.1) is 0 Å². The molecule has 0 radical (unpaired) electrons. The Morgan fingerprint density at radius 1 is 0.893 bits per heavy atom. The molecule has 138 valence electrons. The largest absolute Gasteiger partial charge is 0.322 e. The van der Waals surface area contributed by atoms with E-state index in [-0.39, 0.29) is 5.69 Å². The molecule has 1 heterocycles. The Bertz CT molecular complexity index is 1100. The first-order chi connectivity index (χ1) is 13.5. The monoisotopic (exact) mass is 370 g/mol. The van der Waals surface area contributed by atoms with E-state index in [0.29, 0.717) is 22.5 Å². The van der Waals surface area contributed by atoms with Gasteiger partial charge in [-0.2, -0.15) is 5.26 Å². The molecule has 6 nitrogen and oxygen atoms in total. The van der Waals surface area contributed by atoms with E-state index < -0.39 is 11.8 Å². The highest BCUT2D eigenvalue weighted by atomic mass is 16.2. The zero-order valence-corrected chi connectivity index (χ0v) is 15.5. The number of benzene rings is 2. The standard InChI is InChI=1S/C22H18N4O2/c1-14-6-7-19(10-15(14)2)26-22(28)20-12-17(8-9-24-20)21(27)25-18-5-3-4-16(11-18)13-23/h3-12H,1-2H3,(H,25,27)(H,26,28). The third-order valence-corrected chi connectivity index (χ3v) is 4.27. The average Bonchev–Trinajstić information content (AvgIpc) is 2.71. The van der Waals surface area contributed by atoms with Crippen molar-refractivity contribution in [3.63, 3.8) is 0 Å². The van der Waals surface area contributed by atoms with E-state index >= 15 is 0 Å². The smallest absolute Gasteiger partial charge is 0.274 e. The molecular weight excluding hydrogens is 352 g/mol. The van der Waals surface area contributed by atoms with Gasteiger partial charge in [0.25, 0.3) is 11.8 Å². The summed E-state index contributed by atoms with van der Waals surface area (Å²) in [5, 5.41) is 14.4. The number of rotatable bonds is 4. The van der Waals surface area contributed by atoms with Gasteiger partial charge in [-0.1, -0.05) is 12.1 Å². The summed E-state index contributed by atoms with van der Waals surface area (Å²) in [6.07, 6.45) is 1.41. The van der Waals surface area contributed by atoms with Crippen LogP contribution in [0.5, 0.6) is 0 Å². The van der Waals surface area contributed by atoms with Gasteiger partial charge in [0.2, 0.25) is 0 Å². The van der Waals surface area contributed by atoms with Gasteiger partial charge in [0.1, 0.15) is 5.69 Å². The summed E-state index contributed by atoms with van der Waals surface area (Å²) in [5.74, 6) is -0.790. The first-order valence-electron chi connectivity index (χ1n) is 8.62. The Morgan fingerprint density at radius 2 is 1.64 bits per heavy atom. The number of hydrogen-bond acceptors (Lipinski definition) is 4. The van der Waals surface area contributed by atoms with Gasteiger partial charge in [-0.05, 0) is 67.4 Å². The number of carbonyl (C=O) groups is 2. The zero-order valence-electron chi connectivity index (χ0n) is 15.5. The summed E-state index contributed by atoms with van der Waals surface area (Å²) < 4.78 is 0. The molecule has 0 spiro atoms. The van der Waals surface area contributed by atoms with Crippen LogP contribution >= 0.6 is 0 Å². The highest BCUT2D eigenvalue weighted by Crippen LogP contribution is 2.16. The second-order valence-electron chi connectivity index (χ2n) is 6.33. The Labute approximate surface area is 162 Å². The SMILES string of the molecule is Cc1ccc(NC(=O)c2cc(C(=O)Nc3cccc(C#N)c3)ccn2)cc1C. The molecule has 3 rings (SSSR count). The molecule has 3 aromatic rings. The van der Waals surface area contributed by atoms with Crippen LogP contribution < -0.4 is 10.6 Å². The molecule has 0 aliphatic carbocycles. The minimum Gasteiger partial charge on any atom is -0.322 e. The van der Waals surface area contributed by atoms with Crippen molar-refractivity contribution in [2.45, 2.75) is 13.8 Å². The van der Waals surface area contributed by atoms with E-state index in [1.54, 1.807) is 24.3 Å². The van der Waals surface area contributed by atoms with Gasteiger partial charge >= 0.3 is 0 Å². The number of nitrogens with zero attached hydrogens (tertiary/aromatic N) is 2. The summed E-state index contributed by atoms with van der Waals surface area (Å²) in [6, 6.07) is 17.2. The second-order valence-corrected chi connectivity index (χ2v) is 6.33. The molecule has 1 aromatic heterocycles. The van der Waals surface area contributed by atoms with Crippen LogP contribution in [0.3, 0.4) is 0 Å².